The average molecular weight is 525 g/mol. The van der Waals surface area contributed by atoms with Crippen LogP contribution in [-0.2, 0) is 16.6 Å². The molecule has 4 nitrogen and oxygen atoms in total. The predicted octanol–water partition coefficient (Wildman–Crippen LogP) is 7.23. The summed E-state index contributed by atoms with van der Waals surface area (Å²) in [5.41, 5.74) is 4.29. The molecule has 5 heteroatoms. The summed E-state index contributed by atoms with van der Waals surface area (Å²) in [7, 11) is 0. The van der Waals surface area contributed by atoms with Crippen LogP contribution in [0.25, 0.3) is 10.8 Å². The molecule has 0 N–H and O–H groups in total. The van der Waals surface area contributed by atoms with Crippen molar-refractivity contribution >= 4 is 33.9 Å². The first-order chi connectivity index (χ1) is 18.3. The summed E-state index contributed by atoms with van der Waals surface area (Å²) < 4.78 is 0. The van der Waals surface area contributed by atoms with Gasteiger partial charge in [-0.2, -0.15) is 0 Å². The molecule has 0 aliphatic carbocycles. The molecule has 1 aliphatic heterocycles. The normalized spacial score (nSPS) is 15.4. The zero-order chi connectivity index (χ0) is 26.9. The Bertz CT molecular complexity index is 1450. The molecule has 2 heterocycles. The molecule has 196 valence electrons. The van der Waals surface area contributed by atoms with Crippen LogP contribution in [0.2, 0.25) is 0 Å². The van der Waals surface area contributed by atoms with Gasteiger partial charge in [0.2, 0.25) is 5.91 Å². The van der Waals surface area contributed by atoms with Gasteiger partial charge in [-0.15, -0.1) is 11.3 Å². The first-order valence-electron chi connectivity index (χ1n) is 13.5. The van der Waals surface area contributed by atoms with Gasteiger partial charge in [-0.3, -0.25) is 9.59 Å². The highest BCUT2D eigenvalue weighted by Crippen LogP contribution is 2.38. The van der Waals surface area contributed by atoms with Crippen LogP contribution in [-0.4, -0.2) is 41.2 Å². The highest BCUT2D eigenvalue weighted by molar-refractivity contribution is 7.10. The van der Waals surface area contributed by atoms with E-state index in [-0.39, 0.29) is 29.8 Å². The average Bonchev–Trinajstić information content (AvgIpc) is 3.40. The number of carbonyl (C=O) groups is 2. The van der Waals surface area contributed by atoms with Crippen LogP contribution < -0.4 is 0 Å². The monoisotopic (exact) mass is 524 g/mol. The third-order valence-electron chi connectivity index (χ3n) is 7.48. The molecule has 0 radical (unpaired) electrons. The minimum atomic E-state index is -0.134. The topological polar surface area (TPSA) is 40.6 Å². The van der Waals surface area contributed by atoms with Crippen molar-refractivity contribution in [3.8, 4) is 0 Å². The highest BCUT2D eigenvalue weighted by Gasteiger charge is 2.34. The quantitative estimate of drug-likeness (QED) is 0.267. The summed E-state index contributed by atoms with van der Waals surface area (Å²) in [5.74, 6) is -0.0976. The van der Waals surface area contributed by atoms with Crippen LogP contribution in [0.5, 0.6) is 0 Å². The van der Waals surface area contributed by atoms with Crippen molar-refractivity contribution < 1.29 is 9.59 Å². The molecular formula is C33H36N2O2S. The van der Waals surface area contributed by atoms with Gasteiger partial charge in [-0.1, -0.05) is 82.3 Å². The summed E-state index contributed by atoms with van der Waals surface area (Å²) in [6.45, 7) is 9.96. The summed E-state index contributed by atoms with van der Waals surface area (Å²) in [6, 6.07) is 24.6. The molecule has 5 rings (SSSR count). The molecule has 38 heavy (non-hydrogen) atoms. The largest absolute Gasteiger partial charge is 0.330 e. The Labute approximate surface area is 229 Å². The first-order valence-corrected chi connectivity index (χ1v) is 14.4. The van der Waals surface area contributed by atoms with E-state index in [1.165, 1.54) is 16.0 Å². The second-order valence-electron chi connectivity index (χ2n) is 11.2. The zero-order valence-corrected chi connectivity index (χ0v) is 23.6. The van der Waals surface area contributed by atoms with Gasteiger partial charge in [0.25, 0.3) is 5.91 Å². The number of hydrogen-bond acceptors (Lipinski definition) is 3. The minimum absolute atomic E-state index is 0.00524. The van der Waals surface area contributed by atoms with Gasteiger partial charge in [0.15, 0.2) is 0 Å². The van der Waals surface area contributed by atoms with Gasteiger partial charge in [0, 0.05) is 23.5 Å². The molecule has 4 aromatic rings. The number of thiophene rings is 1. The maximum atomic E-state index is 13.9. The maximum absolute atomic E-state index is 13.9. The van der Waals surface area contributed by atoms with Gasteiger partial charge in [-0.25, -0.2) is 0 Å². The third kappa shape index (κ3) is 5.25. The van der Waals surface area contributed by atoms with E-state index in [1.807, 2.05) is 54.3 Å². The molecule has 3 aromatic carbocycles. The number of fused-ring (bicyclic) bond motifs is 2. The van der Waals surface area contributed by atoms with Gasteiger partial charge in [-0.05, 0) is 69.3 Å². The summed E-state index contributed by atoms with van der Waals surface area (Å²) in [5, 5.41) is 4.25. The molecule has 0 saturated heterocycles. The maximum Gasteiger partial charge on any atom is 0.254 e. The van der Waals surface area contributed by atoms with Crippen LogP contribution >= 0.6 is 11.3 Å². The molecule has 0 spiro atoms. The van der Waals surface area contributed by atoms with E-state index in [4.69, 9.17) is 0 Å². The molecular weight excluding hydrogens is 488 g/mol. The fourth-order valence-corrected chi connectivity index (χ4v) is 6.30. The number of carbonyl (C=O) groups excluding carboxylic acids is 2. The Hall–Kier alpha value is -3.44. The Morgan fingerprint density at radius 3 is 2.42 bits per heavy atom. The van der Waals surface area contributed by atoms with Crippen molar-refractivity contribution in [2.45, 2.75) is 52.0 Å². The number of hydrogen-bond donors (Lipinski definition) is 0. The van der Waals surface area contributed by atoms with Crippen LogP contribution in [0.1, 0.15) is 72.1 Å². The number of amides is 2. The highest BCUT2D eigenvalue weighted by atomic mass is 32.1. The number of rotatable bonds is 6. The molecule has 0 fully saturated rings. The van der Waals surface area contributed by atoms with Crippen LogP contribution in [0.4, 0.5) is 0 Å². The number of nitrogens with zero attached hydrogens (tertiary/aromatic N) is 2. The van der Waals surface area contributed by atoms with Crippen LogP contribution in [0.3, 0.4) is 0 Å². The molecule has 0 unspecified atom stereocenters. The Morgan fingerprint density at radius 2 is 1.71 bits per heavy atom. The Morgan fingerprint density at radius 1 is 0.974 bits per heavy atom. The van der Waals surface area contributed by atoms with Gasteiger partial charge >= 0.3 is 0 Å². The molecule has 1 aromatic heterocycles. The second-order valence-corrected chi connectivity index (χ2v) is 12.2. The van der Waals surface area contributed by atoms with E-state index in [1.54, 1.807) is 16.2 Å². The van der Waals surface area contributed by atoms with Crippen molar-refractivity contribution in [1.82, 2.24) is 9.80 Å². The molecule has 1 atom stereocenters. The Kier molecular flexibility index (Phi) is 7.40. The minimum Gasteiger partial charge on any atom is -0.330 e. The van der Waals surface area contributed by atoms with E-state index in [0.29, 0.717) is 18.7 Å². The number of benzene rings is 3. The van der Waals surface area contributed by atoms with Gasteiger partial charge < -0.3 is 9.80 Å². The predicted molar refractivity (Wildman–Crippen MR) is 157 cm³/mol. The summed E-state index contributed by atoms with van der Waals surface area (Å²) in [6.07, 6.45) is 1.64. The first kappa shape index (κ1) is 26.2. The standard InChI is InChI=1S/C33H36N2O2S/c1-5-18-34(32(37)26-11-10-23-8-6-7-9-25(23)21-26)22-30(36)35-19-16-29-28(17-20-38-29)31(35)24-12-14-27(15-13-24)33(2,3)4/h6-15,17,20-21,31H,5,16,18-19,22H2,1-4H3/t31-/m1/s1. The van der Waals surface area contributed by atoms with E-state index in [0.717, 1.165) is 29.2 Å². The lowest BCUT2D eigenvalue weighted by molar-refractivity contribution is -0.134. The summed E-state index contributed by atoms with van der Waals surface area (Å²) in [4.78, 5) is 32.5. The molecule has 0 bridgehead atoms. The molecule has 0 saturated carbocycles. The van der Waals surface area contributed by atoms with Crippen LogP contribution in [0.15, 0.2) is 78.2 Å². The van der Waals surface area contributed by atoms with Crippen molar-refractivity contribution in [2.24, 2.45) is 0 Å². The van der Waals surface area contributed by atoms with Crippen molar-refractivity contribution in [3.63, 3.8) is 0 Å². The fourth-order valence-electron chi connectivity index (χ4n) is 5.39. The third-order valence-corrected chi connectivity index (χ3v) is 8.48. The van der Waals surface area contributed by atoms with E-state index >= 15 is 0 Å². The molecule has 1 aliphatic rings. The van der Waals surface area contributed by atoms with Crippen LogP contribution in [0, 0.1) is 0 Å². The lowest BCUT2D eigenvalue weighted by Crippen LogP contribution is -2.47. The zero-order valence-electron chi connectivity index (χ0n) is 22.7. The van der Waals surface area contributed by atoms with Crippen molar-refractivity contribution in [3.05, 3.63) is 105 Å². The van der Waals surface area contributed by atoms with Gasteiger partial charge in [0.05, 0.1) is 6.04 Å². The molecule has 2 amide bonds. The fraction of sp³-hybridized carbons (Fsp3) is 0.333. The lowest BCUT2D eigenvalue weighted by Gasteiger charge is -2.38. The second kappa shape index (κ2) is 10.7. The van der Waals surface area contributed by atoms with Crippen molar-refractivity contribution in [2.75, 3.05) is 19.6 Å². The SMILES string of the molecule is CCCN(CC(=O)N1CCc2sccc2[C@H]1c1ccc(C(C)(C)C)cc1)C(=O)c1ccc2ccccc2c1. The lowest BCUT2D eigenvalue weighted by atomic mass is 9.85. The van der Waals surface area contributed by atoms with E-state index < -0.39 is 0 Å². The van der Waals surface area contributed by atoms with Crippen molar-refractivity contribution in [1.29, 1.82) is 0 Å². The smallest absolute Gasteiger partial charge is 0.254 e. The van der Waals surface area contributed by atoms with E-state index in [2.05, 4.69) is 56.5 Å². The Balaban J connectivity index is 1.42. The summed E-state index contributed by atoms with van der Waals surface area (Å²) >= 11 is 1.77. The van der Waals surface area contributed by atoms with Gasteiger partial charge in [0.1, 0.15) is 6.54 Å². The van der Waals surface area contributed by atoms with E-state index in [9.17, 15) is 9.59 Å².